The number of hydrogen-bond donors (Lipinski definition) is 2. The monoisotopic (exact) mass is 1010 g/mol. The zero-order chi connectivity index (χ0) is 49.1. The molecule has 1 fully saturated rings. The summed E-state index contributed by atoms with van der Waals surface area (Å²) in [5, 5.41) is 7.08. The van der Waals surface area contributed by atoms with Gasteiger partial charge in [-0.2, -0.15) is 13.2 Å². The van der Waals surface area contributed by atoms with Crippen LogP contribution < -0.4 is 14.9 Å². The summed E-state index contributed by atoms with van der Waals surface area (Å²) in [7, 11) is -9.00. The van der Waals surface area contributed by atoms with E-state index in [-0.39, 0.29) is 49.6 Å². The molecular weight excluding hydrogens is 957 g/mol. The van der Waals surface area contributed by atoms with Gasteiger partial charge in [-0.25, -0.2) is 21.6 Å². The Morgan fingerprint density at radius 3 is 2.32 bits per heavy atom. The second kappa shape index (κ2) is 23.2. The highest BCUT2D eigenvalue weighted by atomic mass is 35.5. The maximum atomic E-state index is 14.2. The molecule has 0 radical (unpaired) electrons. The third-order valence-corrected chi connectivity index (χ3v) is 16.6. The summed E-state index contributed by atoms with van der Waals surface area (Å²) in [6.07, 6.45) is 3.84. The standard InChI is InChI=1S/C48H58ClF3N8O5S3/c1-47(2)23-21-43(36-13-15-38(49)16-14-36)37(31-47)33-59-26-28-60(29-27-59)40-17-11-35(12-18-40)32-55-68(64,65)42-19-20-44(45(30-42)67(62,63)48(50,51)52)56-39(34-66-41-8-5-4-6-9-41)22-25-58(3)46(61)10-7-24-54-57-53/h4-6,8-9,11-20,30,39,55-56H,7,10,21-29,31-34H2,1-3H3/t39-/m1/s1. The first kappa shape index (κ1) is 52.6. The second-order valence-corrected chi connectivity index (χ2v) is 23.1. The van der Waals surface area contributed by atoms with Crippen molar-refractivity contribution in [2.24, 2.45) is 10.5 Å². The molecule has 2 N–H and O–H groups in total. The number of sulfonamides is 1. The number of anilines is 2. The van der Waals surface area contributed by atoms with Crippen LogP contribution in [-0.4, -0.2) is 103 Å². The van der Waals surface area contributed by atoms with E-state index in [1.807, 2.05) is 54.6 Å². The first-order valence-corrected chi connectivity index (χ1v) is 26.7. The molecule has 0 bridgehead atoms. The van der Waals surface area contributed by atoms with Crippen molar-refractivity contribution in [1.29, 1.82) is 0 Å². The molecule has 0 saturated carbocycles. The molecule has 366 valence electrons. The van der Waals surface area contributed by atoms with Crippen LogP contribution in [-0.2, 0) is 31.2 Å². The van der Waals surface area contributed by atoms with Crippen LogP contribution in [0.3, 0.4) is 0 Å². The van der Waals surface area contributed by atoms with Crippen molar-refractivity contribution in [3.05, 3.63) is 129 Å². The summed E-state index contributed by atoms with van der Waals surface area (Å²) >= 11 is 7.57. The molecule has 68 heavy (non-hydrogen) atoms. The number of rotatable bonds is 21. The number of piperazine rings is 1. The number of nitrogens with zero attached hydrogens (tertiary/aromatic N) is 6. The smallest absolute Gasteiger partial charge is 0.380 e. The van der Waals surface area contributed by atoms with Crippen LogP contribution in [0.5, 0.6) is 0 Å². The van der Waals surface area contributed by atoms with E-state index in [0.29, 0.717) is 18.1 Å². The van der Waals surface area contributed by atoms with Crippen molar-refractivity contribution in [3.63, 3.8) is 0 Å². The van der Waals surface area contributed by atoms with Crippen LogP contribution in [0.1, 0.15) is 63.5 Å². The fraction of sp³-hybridized carbons (Fsp3) is 0.438. The van der Waals surface area contributed by atoms with E-state index < -0.39 is 46.9 Å². The fourth-order valence-corrected chi connectivity index (χ4v) is 11.5. The van der Waals surface area contributed by atoms with Crippen LogP contribution in [0, 0.1) is 5.41 Å². The van der Waals surface area contributed by atoms with Crippen molar-refractivity contribution in [2.75, 3.05) is 68.8 Å². The van der Waals surface area contributed by atoms with Gasteiger partial charge in [-0.05, 0) is 114 Å². The van der Waals surface area contributed by atoms with Gasteiger partial charge in [-0.15, -0.1) is 11.8 Å². The number of amides is 1. The van der Waals surface area contributed by atoms with Crippen molar-refractivity contribution < 1.29 is 34.8 Å². The van der Waals surface area contributed by atoms with Gasteiger partial charge < -0.3 is 15.1 Å². The van der Waals surface area contributed by atoms with Gasteiger partial charge >= 0.3 is 5.51 Å². The average Bonchev–Trinajstić information content (AvgIpc) is 3.31. The predicted molar refractivity (Wildman–Crippen MR) is 265 cm³/mol. The van der Waals surface area contributed by atoms with Crippen LogP contribution >= 0.6 is 23.4 Å². The Balaban J connectivity index is 1.11. The summed E-state index contributed by atoms with van der Waals surface area (Å²) in [6.45, 7) is 9.00. The maximum Gasteiger partial charge on any atom is 0.501 e. The number of halogens is 4. The fourth-order valence-electron chi connectivity index (χ4n) is 8.36. The van der Waals surface area contributed by atoms with Gasteiger partial charge in [-0.1, -0.05) is 78.6 Å². The zero-order valence-corrected chi connectivity index (χ0v) is 41.6. The molecule has 6 rings (SSSR count). The zero-order valence-electron chi connectivity index (χ0n) is 38.4. The number of benzene rings is 4. The highest BCUT2D eigenvalue weighted by molar-refractivity contribution is 7.99. The Kier molecular flexibility index (Phi) is 18.0. The maximum absolute atomic E-state index is 14.2. The van der Waals surface area contributed by atoms with E-state index >= 15 is 0 Å². The topological polar surface area (TPSA) is 168 Å². The van der Waals surface area contributed by atoms with E-state index in [9.17, 15) is 34.8 Å². The first-order chi connectivity index (χ1) is 32.2. The summed E-state index contributed by atoms with van der Waals surface area (Å²) in [5.74, 6) is 0.0201. The number of azide groups is 1. The Hall–Kier alpha value is -4.75. The lowest BCUT2D eigenvalue weighted by Gasteiger charge is -2.39. The molecule has 1 aliphatic carbocycles. The highest BCUT2D eigenvalue weighted by Crippen LogP contribution is 2.43. The number of hydrogen-bond acceptors (Lipinski definition) is 10. The number of nitrogens with one attached hydrogen (secondary N) is 2. The SMILES string of the molecule is CN(CC[C@H](CSc1ccccc1)Nc1ccc(S(=O)(=O)NCc2ccc(N3CCN(CC4=C(c5ccc(Cl)cc5)CCC(C)(C)C4)CC3)cc2)cc1S(=O)(=O)C(F)(F)F)C(=O)CCCN=[N+]=[N-]. The van der Waals surface area contributed by atoms with E-state index in [2.05, 4.69) is 55.8 Å². The van der Waals surface area contributed by atoms with Crippen molar-refractivity contribution in [2.45, 2.75) is 85.2 Å². The van der Waals surface area contributed by atoms with Crippen molar-refractivity contribution >= 4 is 66.1 Å². The Labute approximate surface area is 407 Å². The third kappa shape index (κ3) is 14.4. The molecule has 0 unspecified atom stereocenters. The highest BCUT2D eigenvalue weighted by Gasteiger charge is 2.48. The third-order valence-electron chi connectivity index (χ3n) is 12.3. The quantitative estimate of drug-likeness (QED) is 0.0271. The Morgan fingerprint density at radius 2 is 1.66 bits per heavy atom. The molecule has 20 heteroatoms. The summed E-state index contributed by atoms with van der Waals surface area (Å²) in [5.41, 5.74) is 8.25. The predicted octanol–water partition coefficient (Wildman–Crippen LogP) is 10.4. The van der Waals surface area contributed by atoms with E-state index in [4.69, 9.17) is 17.1 Å². The molecule has 0 spiro atoms. The van der Waals surface area contributed by atoms with E-state index in [1.54, 1.807) is 19.2 Å². The molecule has 0 aromatic heterocycles. The number of allylic oxidation sites excluding steroid dienone is 1. The lowest BCUT2D eigenvalue weighted by Crippen LogP contribution is -2.47. The molecule has 2 aliphatic rings. The van der Waals surface area contributed by atoms with Crippen LogP contribution in [0.15, 0.2) is 122 Å². The minimum absolute atomic E-state index is 0.111. The van der Waals surface area contributed by atoms with Crippen molar-refractivity contribution in [1.82, 2.24) is 14.5 Å². The van der Waals surface area contributed by atoms with Gasteiger partial charge in [0.15, 0.2) is 0 Å². The summed E-state index contributed by atoms with van der Waals surface area (Å²) in [4.78, 5) is 20.6. The van der Waals surface area contributed by atoms with Gasteiger partial charge in [0, 0.05) is 98.1 Å². The summed E-state index contributed by atoms with van der Waals surface area (Å²) < 4.78 is 98.5. The lowest BCUT2D eigenvalue weighted by atomic mass is 9.73. The number of thioether (sulfide) groups is 1. The number of sulfone groups is 1. The largest absolute Gasteiger partial charge is 0.501 e. The molecule has 1 saturated heterocycles. The molecule has 4 aromatic rings. The summed E-state index contributed by atoms with van der Waals surface area (Å²) in [6, 6.07) is 26.6. The van der Waals surface area contributed by atoms with Crippen LogP contribution in [0.4, 0.5) is 24.5 Å². The molecule has 1 heterocycles. The van der Waals surface area contributed by atoms with Gasteiger partial charge in [0.1, 0.15) is 4.90 Å². The number of carbonyl (C=O) groups excluding carboxylic acids is 1. The van der Waals surface area contributed by atoms with Gasteiger partial charge in [-0.3, -0.25) is 9.69 Å². The van der Waals surface area contributed by atoms with Crippen molar-refractivity contribution in [3.8, 4) is 0 Å². The Bertz CT molecular complexity index is 2660. The minimum Gasteiger partial charge on any atom is -0.380 e. The van der Waals surface area contributed by atoms with Crippen LogP contribution in [0.25, 0.3) is 16.0 Å². The van der Waals surface area contributed by atoms with E-state index in [0.717, 1.165) is 79.7 Å². The molecule has 1 amide bonds. The average molecular weight is 1020 g/mol. The normalized spacial score (nSPS) is 16.2. The van der Waals surface area contributed by atoms with Crippen LogP contribution in [0.2, 0.25) is 5.02 Å². The van der Waals surface area contributed by atoms with Gasteiger partial charge in [0.2, 0.25) is 15.9 Å². The molecule has 4 aromatic carbocycles. The molecular formula is C48H58ClF3N8O5S3. The Morgan fingerprint density at radius 1 is 0.971 bits per heavy atom. The van der Waals surface area contributed by atoms with Gasteiger partial charge in [0.05, 0.1) is 10.6 Å². The minimum atomic E-state index is -6.05. The molecule has 1 aliphatic heterocycles. The second-order valence-electron chi connectivity index (χ2n) is 17.9. The first-order valence-electron chi connectivity index (χ1n) is 22.4. The molecule has 13 nitrogen and oxygen atoms in total. The number of carbonyl (C=O) groups is 1. The van der Waals surface area contributed by atoms with Gasteiger partial charge in [0.25, 0.3) is 9.84 Å². The molecule has 1 atom stereocenters. The lowest BCUT2D eigenvalue weighted by molar-refractivity contribution is -0.130. The van der Waals surface area contributed by atoms with E-state index in [1.165, 1.54) is 33.4 Å². The number of alkyl halides is 3.